The highest BCUT2D eigenvalue weighted by Crippen LogP contribution is 2.41. The standard InChI is InChI=1S/C41H42F5N3O3S/c1-27-6-15-36-34(22-27)37(50)23-39(53-26-31-4-3-5-35(42)40(31)43)49(36)25-38(51)48(33-16-18-47(19-17-33)20-21-52-2)24-28-7-9-29(10-8-28)30-11-13-32(14-12-30)41(44,45)46/h3-15,22-23,33,37,50H,16-21,24-26H2,1-2H3/i6D,15D,20D2,21D2,22D,23D,24D2,25D2. The van der Waals surface area contributed by atoms with E-state index in [4.69, 9.17) is 15.7 Å². The molecule has 12 heteroatoms. The predicted molar refractivity (Wildman–Crippen MR) is 198 cm³/mol. The average molecular weight is 764 g/mol. The Morgan fingerprint density at radius 1 is 1.04 bits per heavy atom. The molecular formula is C41H42F5N3O3S. The van der Waals surface area contributed by atoms with Crippen LogP contribution in [-0.4, -0.2) is 66.6 Å². The Labute approximate surface area is 327 Å². The summed E-state index contributed by atoms with van der Waals surface area (Å²) in [5, 5.41) is 10.9. The second kappa shape index (κ2) is 16.8. The molecule has 6 nitrogen and oxygen atoms in total. The molecule has 1 amide bonds. The summed E-state index contributed by atoms with van der Waals surface area (Å²) in [6.07, 6.45) is -7.21. The number of hydrogen-bond acceptors (Lipinski definition) is 6. The van der Waals surface area contributed by atoms with E-state index in [2.05, 4.69) is 0 Å². The van der Waals surface area contributed by atoms with Crippen molar-refractivity contribution in [3.8, 4) is 11.1 Å². The zero-order valence-corrected chi connectivity index (χ0v) is 29.3. The van der Waals surface area contributed by atoms with Crippen LogP contribution < -0.4 is 4.90 Å². The van der Waals surface area contributed by atoms with Crippen LogP contribution in [0.15, 0.2) is 95.9 Å². The number of piperidine rings is 1. The third-order valence-corrected chi connectivity index (χ3v) is 9.57. The number of thioether (sulfide) groups is 1. The lowest BCUT2D eigenvalue weighted by molar-refractivity contribution is -0.137. The van der Waals surface area contributed by atoms with E-state index in [0.29, 0.717) is 32.7 Å². The van der Waals surface area contributed by atoms with Gasteiger partial charge >= 0.3 is 6.18 Å². The fraction of sp³-hybridized carbons (Fsp3) is 0.341. The quantitative estimate of drug-likeness (QED) is 0.146. The summed E-state index contributed by atoms with van der Waals surface area (Å²) in [6, 6.07) is 8.51. The second-order valence-corrected chi connectivity index (χ2v) is 13.1. The number of halogens is 5. The number of aliphatic hydroxyl groups is 1. The molecular weight excluding hydrogens is 710 g/mol. The zero-order valence-electron chi connectivity index (χ0n) is 40.4. The number of fused-ring (bicyclic) bond motifs is 1. The molecule has 2 heterocycles. The van der Waals surface area contributed by atoms with Crippen molar-refractivity contribution in [2.75, 3.05) is 44.7 Å². The van der Waals surface area contributed by atoms with Crippen molar-refractivity contribution >= 4 is 23.4 Å². The number of nitrogens with zero attached hydrogens (tertiary/aromatic N) is 3. The lowest BCUT2D eigenvalue weighted by atomic mass is 9.99. The van der Waals surface area contributed by atoms with E-state index >= 15 is 4.79 Å². The van der Waals surface area contributed by atoms with Crippen molar-refractivity contribution in [1.82, 2.24) is 9.80 Å². The lowest BCUT2D eigenvalue weighted by Gasteiger charge is -2.40. The first-order chi connectivity index (χ1) is 30.1. The van der Waals surface area contributed by atoms with Gasteiger partial charge in [0.05, 0.1) is 30.9 Å². The molecule has 0 aromatic heterocycles. The van der Waals surface area contributed by atoms with Gasteiger partial charge in [0, 0.05) is 64.5 Å². The molecule has 1 unspecified atom stereocenters. The third-order valence-electron chi connectivity index (χ3n) is 8.54. The second-order valence-electron chi connectivity index (χ2n) is 12.1. The Balaban J connectivity index is 1.48. The monoisotopic (exact) mass is 763 g/mol. The van der Waals surface area contributed by atoms with Crippen LogP contribution >= 0.6 is 11.8 Å². The molecule has 6 rings (SSSR count). The summed E-state index contributed by atoms with van der Waals surface area (Å²) in [5.74, 6) is -4.71. The molecule has 1 N–H and O–H groups in total. The van der Waals surface area contributed by atoms with E-state index in [1.807, 2.05) is 0 Å². The Hall–Kier alpha value is -4.23. The Morgan fingerprint density at radius 2 is 1.72 bits per heavy atom. The molecule has 1 atom stereocenters. The van der Waals surface area contributed by atoms with E-state index in [9.17, 15) is 32.5 Å². The molecule has 0 spiro atoms. The molecule has 1 fully saturated rings. The van der Waals surface area contributed by atoms with Crippen molar-refractivity contribution in [3.63, 3.8) is 0 Å². The van der Waals surface area contributed by atoms with Crippen LogP contribution in [0.4, 0.5) is 27.6 Å². The molecule has 2 aliphatic rings. The molecule has 1 saturated heterocycles. The van der Waals surface area contributed by atoms with Gasteiger partial charge in [-0.3, -0.25) is 4.79 Å². The highest BCUT2D eigenvalue weighted by atomic mass is 32.2. The number of amides is 1. The number of hydrogen-bond donors (Lipinski definition) is 1. The third kappa shape index (κ3) is 9.29. The number of carbonyl (C=O) groups is 1. The first-order valence-electron chi connectivity index (χ1n) is 22.4. The minimum Gasteiger partial charge on any atom is -0.384 e. The van der Waals surface area contributed by atoms with Crippen molar-refractivity contribution in [2.45, 2.75) is 50.3 Å². The maximum absolute atomic E-state index is 15.3. The van der Waals surface area contributed by atoms with Gasteiger partial charge in [-0.25, -0.2) is 8.78 Å². The van der Waals surface area contributed by atoms with Crippen molar-refractivity contribution in [3.05, 3.63) is 135 Å². The number of aliphatic hydroxyl groups excluding tert-OH is 1. The van der Waals surface area contributed by atoms with Crippen molar-refractivity contribution in [1.29, 1.82) is 0 Å². The van der Waals surface area contributed by atoms with Gasteiger partial charge in [-0.15, -0.1) is 11.8 Å². The summed E-state index contributed by atoms with van der Waals surface area (Å²) in [7, 11) is 0.969. The predicted octanol–water partition coefficient (Wildman–Crippen LogP) is 8.73. The van der Waals surface area contributed by atoms with E-state index in [1.165, 1.54) is 55.5 Å². The van der Waals surface area contributed by atoms with Gasteiger partial charge in [0.1, 0.15) is 12.6 Å². The number of benzene rings is 4. The normalized spacial score (nSPS) is 21.3. The van der Waals surface area contributed by atoms with Crippen LogP contribution in [-0.2, 0) is 28.0 Å². The van der Waals surface area contributed by atoms with Crippen LogP contribution in [0, 0.1) is 18.6 Å². The average Bonchev–Trinajstić information content (AvgIpc) is 3.26. The molecule has 0 bridgehead atoms. The van der Waals surface area contributed by atoms with Crippen LogP contribution in [0.25, 0.3) is 11.1 Å². The molecule has 0 saturated carbocycles. The first-order valence-corrected chi connectivity index (χ1v) is 17.4. The van der Waals surface area contributed by atoms with Crippen LogP contribution in [0.1, 0.15) is 63.2 Å². The number of methoxy groups -OCH3 is 1. The number of ether oxygens (including phenoxy) is 1. The highest BCUT2D eigenvalue weighted by molar-refractivity contribution is 8.02. The Morgan fingerprint density at radius 3 is 2.38 bits per heavy atom. The number of anilines is 1. The molecule has 0 aliphatic carbocycles. The van der Waals surface area contributed by atoms with Gasteiger partial charge in [0.15, 0.2) is 11.6 Å². The largest absolute Gasteiger partial charge is 0.416 e. The fourth-order valence-corrected chi connectivity index (χ4v) is 6.77. The number of rotatable bonds is 12. The Kier molecular flexibility index (Phi) is 8.18. The number of carbonyl (C=O) groups excluding carboxylic acids is 1. The summed E-state index contributed by atoms with van der Waals surface area (Å²) in [4.78, 5) is 17.4. The lowest BCUT2D eigenvalue weighted by Crippen LogP contribution is -2.50. The van der Waals surface area contributed by atoms with E-state index in [1.54, 1.807) is 0 Å². The van der Waals surface area contributed by atoms with Gasteiger partial charge in [-0.05, 0) is 66.7 Å². The van der Waals surface area contributed by atoms with Gasteiger partial charge < -0.3 is 24.5 Å². The van der Waals surface area contributed by atoms with Crippen molar-refractivity contribution < 1.29 is 53.0 Å². The Bertz CT molecular complexity index is 2490. The molecule has 53 heavy (non-hydrogen) atoms. The highest BCUT2D eigenvalue weighted by Gasteiger charge is 2.33. The SMILES string of the molecule is [2H]C1=C(SCc2cccc(F)c2F)N(C([2H])([2H])C(=O)N(C2CCN(C([2H])([2H])C([2H])([2H])OC)CC2)C([2H])([2H])c2ccc(-c3ccc(C(F)(F)F)cc3)cc2)c2c([2H])c([2H])c(C)c([2H])c2C1O. The van der Waals surface area contributed by atoms with E-state index in [-0.39, 0.29) is 42.6 Å². The first kappa shape index (κ1) is 25.7. The summed E-state index contributed by atoms with van der Waals surface area (Å²) >= 11 is 0.469. The maximum Gasteiger partial charge on any atom is 0.416 e. The maximum atomic E-state index is 15.3. The minimum absolute atomic E-state index is 0.132. The molecule has 280 valence electrons. The zero-order chi connectivity index (χ0) is 48.4. The minimum atomic E-state index is -4.60. The van der Waals surface area contributed by atoms with Gasteiger partial charge in [0.2, 0.25) is 5.91 Å². The smallest absolute Gasteiger partial charge is 0.384 e. The topological polar surface area (TPSA) is 56.3 Å². The van der Waals surface area contributed by atoms with Crippen molar-refractivity contribution in [2.24, 2.45) is 0 Å². The summed E-state index contributed by atoms with van der Waals surface area (Å²) < 4.78 is 181. The van der Waals surface area contributed by atoms with E-state index < -0.39 is 114 Å². The summed E-state index contributed by atoms with van der Waals surface area (Å²) in [5.41, 5.74) is -2.12. The molecule has 2 aliphatic heterocycles. The van der Waals surface area contributed by atoms with Crippen LogP contribution in [0.2, 0.25) is 0 Å². The molecule has 4 aromatic carbocycles. The molecule has 4 aromatic rings. The molecule has 0 radical (unpaired) electrons. The number of alkyl halides is 3. The number of likely N-dealkylation sites (tertiary alicyclic amines) is 1. The van der Waals surface area contributed by atoms with E-state index in [0.717, 1.165) is 30.2 Å². The van der Waals surface area contributed by atoms with Crippen LogP contribution in [0.3, 0.4) is 0 Å². The summed E-state index contributed by atoms with van der Waals surface area (Å²) in [6.45, 7) is -11.5. The van der Waals surface area contributed by atoms with Gasteiger partial charge in [-0.2, -0.15) is 13.2 Å². The fourth-order valence-electron chi connectivity index (χ4n) is 5.79. The van der Waals surface area contributed by atoms with Crippen LogP contribution in [0.5, 0.6) is 0 Å². The van der Waals surface area contributed by atoms with Gasteiger partial charge in [0.25, 0.3) is 0 Å². The van der Waals surface area contributed by atoms with Gasteiger partial charge in [-0.1, -0.05) is 66.2 Å².